The van der Waals surface area contributed by atoms with E-state index >= 15 is 0 Å². The number of hydrogen-bond donors (Lipinski definition) is 2. The van der Waals surface area contributed by atoms with Crippen LogP contribution in [0.5, 0.6) is 0 Å². The molecular formula is C19H17N5O2. The van der Waals surface area contributed by atoms with E-state index in [1.165, 1.54) is 0 Å². The molecule has 0 aliphatic carbocycles. The summed E-state index contributed by atoms with van der Waals surface area (Å²) in [6, 6.07) is 13.0. The zero-order valence-corrected chi connectivity index (χ0v) is 14.0. The summed E-state index contributed by atoms with van der Waals surface area (Å²) < 4.78 is 0. The van der Waals surface area contributed by atoms with E-state index in [4.69, 9.17) is 0 Å². The topological polar surface area (TPSA) is 91.0 Å². The number of anilines is 1. The molecule has 2 aromatic carbocycles. The van der Waals surface area contributed by atoms with E-state index in [-0.39, 0.29) is 11.8 Å². The van der Waals surface area contributed by atoms with Gasteiger partial charge in [-0.05, 0) is 42.7 Å². The van der Waals surface area contributed by atoms with Gasteiger partial charge in [0.2, 0.25) is 5.91 Å². The second-order valence-electron chi connectivity index (χ2n) is 6.94. The van der Waals surface area contributed by atoms with Crippen molar-refractivity contribution < 1.29 is 9.59 Å². The third-order valence-corrected chi connectivity index (χ3v) is 5.47. The van der Waals surface area contributed by atoms with Crippen molar-refractivity contribution >= 4 is 28.5 Å². The Balaban J connectivity index is 1.49. The number of nitrogens with one attached hydrogen (secondary N) is 2. The van der Waals surface area contributed by atoms with Gasteiger partial charge in [0.05, 0.1) is 5.41 Å². The highest BCUT2D eigenvalue weighted by Gasteiger charge is 2.49. The number of fused-ring (bicyclic) bond motifs is 3. The number of carbonyl (C=O) groups excluding carboxylic acids is 2. The molecule has 5 rings (SSSR count). The minimum atomic E-state index is -0.650. The van der Waals surface area contributed by atoms with E-state index < -0.39 is 5.41 Å². The molecule has 0 unspecified atom stereocenters. The molecule has 3 heterocycles. The predicted molar refractivity (Wildman–Crippen MR) is 95.8 cm³/mol. The van der Waals surface area contributed by atoms with Crippen molar-refractivity contribution in [3.05, 3.63) is 53.6 Å². The molecule has 130 valence electrons. The number of H-pyrrole nitrogens is 1. The smallest absolute Gasteiger partial charge is 0.253 e. The molecule has 1 saturated heterocycles. The summed E-state index contributed by atoms with van der Waals surface area (Å²) in [5.41, 5.74) is 3.15. The molecular weight excluding hydrogens is 330 g/mol. The predicted octanol–water partition coefficient (Wildman–Crippen LogP) is 2.08. The number of amides is 2. The molecule has 7 nitrogen and oxygen atoms in total. The normalized spacial score (nSPS) is 21.8. The van der Waals surface area contributed by atoms with E-state index in [0.717, 1.165) is 29.6 Å². The van der Waals surface area contributed by atoms with Crippen molar-refractivity contribution in [3.63, 3.8) is 0 Å². The molecule has 0 radical (unpaired) electrons. The van der Waals surface area contributed by atoms with Crippen LogP contribution in [-0.4, -0.2) is 45.2 Å². The highest BCUT2D eigenvalue weighted by Crippen LogP contribution is 2.43. The number of benzene rings is 2. The Morgan fingerprint density at radius 3 is 2.88 bits per heavy atom. The number of aromatic amines is 1. The minimum Gasteiger partial charge on any atom is -0.337 e. The number of carbonyl (C=O) groups is 2. The van der Waals surface area contributed by atoms with Crippen molar-refractivity contribution in [1.82, 2.24) is 20.3 Å². The van der Waals surface area contributed by atoms with Gasteiger partial charge in [0.1, 0.15) is 11.0 Å². The van der Waals surface area contributed by atoms with Crippen molar-refractivity contribution in [2.24, 2.45) is 0 Å². The molecule has 0 saturated carbocycles. The Kier molecular flexibility index (Phi) is 3.12. The van der Waals surface area contributed by atoms with Crippen LogP contribution in [0.2, 0.25) is 0 Å². The van der Waals surface area contributed by atoms with Crippen molar-refractivity contribution in [2.75, 3.05) is 18.4 Å². The summed E-state index contributed by atoms with van der Waals surface area (Å²) in [6.45, 7) is 1.04. The molecule has 2 aliphatic heterocycles. The number of rotatable bonds is 1. The Bertz CT molecular complexity index is 1040. The van der Waals surface area contributed by atoms with Gasteiger partial charge >= 0.3 is 0 Å². The summed E-state index contributed by atoms with van der Waals surface area (Å²) in [7, 11) is 0. The van der Waals surface area contributed by atoms with Gasteiger partial charge in [-0.2, -0.15) is 15.4 Å². The van der Waals surface area contributed by atoms with Gasteiger partial charge in [-0.15, -0.1) is 0 Å². The number of piperidine rings is 1. The Hall–Kier alpha value is -3.22. The molecule has 2 aliphatic rings. The van der Waals surface area contributed by atoms with Crippen LogP contribution in [0.4, 0.5) is 5.69 Å². The quantitative estimate of drug-likeness (QED) is 0.705. The van der Waals surface area contributed by atoms with Crippen LogP contribution in [-0.2, 0) is 10.2 Å². The molecule has 26 heavy (non-hydrogen) atoms. The number of aromatic nitrogens is 3. The highest BCUT2D eigenvalue weighted by atomic mass is 16.2. The summed E-state index contributed by atoms with van der Waals surface area (Å²) in [5, 5.41) is 13.6. The molecule has 2 amide bonds. The summed E-state index contributed by atoms with van der Waals surface area (Å²) in [5.74, 6) is -0.0886. The van der Waals surface area contributed by atoms with Crippen LogP contribution in [0.3, 0.4) is 0 Å². The summed E-state index contributed by atoms with van der Waals surface area (Å²) in [6.07, 6.45) is 1.54. The first-order valence-corrected chi connectivity index (χ1v) is 8.68. The molecule has 1 fully saturated rings. The van der Waals surface area contributed by atoms with Crippen LogP contribution >= 0.6 is 0 Å². The van der Waals surface area contributed by atoms with Crippen molar-refractivity contribution in [2.45, 2.75) is 18.3 Å². The monoisotopic (exact) mass is 347 g/mol. The van der Waals surface area contributed by atoms with Gasteiger partial charge in [-0.1, -0.05) is 18.2 Å². The van der Waals surface area contributed by atoms with E-state index in [2.05, 4.69) is 20.7 Å². The standard InChI is InChI=1S/C19H17N5O2/c25-17(12-6-7-15-16(10-12)22-23-21-15)24-9-3-8-19(11-24)13-4-1-2-5-14(13)20-18(19)26/h1-2,4-7,10H,3,8-9,11H2,(H,20,26)(H,21,22,23)/t19-/m0/s1. The van der Waals surface area contributed by atoms with Crippen LogP contribution in [0.15, 0.2) is 42.5 Å². The largest absolute Gasteiger partial charge is 0.337 e. The molecule has 3 aromatic rings. The average molecular weight is 347 g/mol. The maximum absolute atomic E-state index is 13.1. The molecule has 1 aromatic heterocycles. The molecule has 1 atom stereocenters. The van der Waals surface area contributed by atoms with Crippen LogP contribution < -0.4 is 5.32 Å². The SMILES string of the molecule is O=C(c1ccc2n[nH]nc2c1)N1CCC[C@@]2(C1)C(=O)Nc1ccccc12. The number of para-hydroxylation sites is 1. The third-order valence-electron chi connectivity index (χ3n) is 5.47. The van der Waals surface area contributed by atoms with Crippen LogP contribution in [0.1, 0.15) is 28.8 Å². The van der Waals surface area contributed by atoms with Crippen LogP contribution in [0.25, 0.3) is 11.0 Å². The molecule has 1 spiro atoms. The molecule has 0 bridgehead atoms. The van der Waals surface area contributed by atoms with E-state index in [0.29, 0.717) is 24.2 Å². The summed E-state index contributed by atoms with van der Waals surface area (Å²) in [4.78, 5) is 27.6. The van der Waals surface area contributed by atoms with E-state index in [1.54, 1.807) is 23.1 Å². The van der Waals surface area contributed by atoms with Crippen LogP contribution in [0, 0.1) is 0 Å². The van der Waals surface area contributed by atoms with Crippen molar-refractivity contribution in [3.8, 4) is 0 Å². The zero-order chi connectivity index (χ0) is 17.7. The van der Waals surface area contributed by atoms with Gasteiger partial charge in [0, 0.05) is 24.3 Å². The maximum Gasteiger partial charge on any atom is 0.253 e. The lowest BCUT2D eigenvalue weighted by atomic mass is 9.75. The first kappa shape index (κ1) is 15.1. The maximum atomic E-state index is 13.1. The fourth-order valence-electron chi connectivity index (χ4n) is 4.16. The second-order valence-corrected chi connectivity index (χ2v) is 6.94. The number of likely N-dealkylation sites (tertiary alicyclic amines) is 1. The summed E-state index contributed by atoms with van der Waals surface area (Å²) >= 11 is 0. The van der Waals surface area contributed by atoms with E-state index in [1.807, 2.05) is 24.3 Å². The Morgan fingerprint density at radius 2 is 1.96 bits per heavy atom. The highest BCUT2D eigenvalue weighted by molar-refractivity contribution is 6.07. The van der Waals surface area contributed by atoms with Gasteiger partial charge in [0.25, 0.3) is 5.91 Å². The molecule has 2 N–H and O–H groups in total. The van der Waals surface area contributed by atoms with Gasteiger partial charge in [-0.25, -0.2) is 0 Å². The zero-order valence-electron chi connectivity index (χ0n) is 14.0. The lowest BCUT2D eigenvalue weighted by Gasteiger charge is -2.39. The first-order valence-electron chi connectivity index (χ1n) is 8.68. The molecule has 7 heteroatoms. The number of nitrogens with zero attached hydrogens (tertiary/aromatic N) is 3. The minimum absolute atomic E-state index is 0.0110. The Labute approximate surface area is 149 Å². The fourth-order valence-corrected chi connectivity index (χ4v) is 4.16. The van der Waals surface area contributed by atoms with E-state index in [9.17, 15) is 9.59 Å². The van der Waals surface area contributed by atoms with Gasteiger partial charge in [0.15, 0.2) is 0 Å². The average Bonchev–Trinajstić information content (AvgIpc) is 3.24. The fraction of sp³-hybridized carbons (Fsp3) is 0.263. The first-order chi connectivity index (χ1) is 12.7. The lowest BCUT2D eigenvalue weighted by molar-refractivity contribution is -0.122. The Morgan fingerprint density at radius 1 is 1.12 bits per heavy atom. The van der Waals surface area contributed by atoms with Gasteiger partial charge in [-0.3, -0.25) is 9.59 Å². The van der Waals surface area contributed by atoms with Gasteiger partial charge < -0.3 is 10.2 Å². The third kappa shape index (κ3) is 2.06. The number of hydrogen-bond acceptors (Lipinski definition) is 4. The second kappa shape index (κ2) is 5.39. The van der Waals surface area contributed by atoms with Crippen molar-refractivity contribution in [1.29, 1.82) is 0 Å². The lowest BCUT2D eigenvalue weighted by Crippen LogP contribution is -2.51.